The largest absolute Gasteiger partial charge is 0.397 e. The van der Waals surface area contributed by atoms with E-state index in [9.17, 15) is 0 Å². The fraction of sp³-hybridized carbons (Fsp3) is 0. The molecule has 0 bridgehead atoms. The summed E-state index contributed by atoms with van der Waals surface area (Å²) in [6.45, 7) is 0. The molecule has 2 aromatic heterocycles. The Bertz CT molecular complexity index is 731. The first-order chi connectivity index (χ1) is 8.29. The Morgan fingerprint density at radius 3 is 2.82 bits per heavy atom. The van der Waals surface area contributed by atoms with E-state index in [1.165, 1.54) is 27.0 Å². The van der Waals surface area contributed by atoms with Gasteiger partial charge in [-0.15, -0.1) is 22.7 Å². The molecule has 0 fully saturated rings. The first kappa shape index (κ1) is 10.3. The number of nitrogen functional groups attached to an aromatic ring is 1. The highest BCUT2D eigenvalue weighted by atomic mass is 32.1. The highest BCUT2D eigenvalue weighted by molar-refractivity contribution is 7.19. The number of hydrogen-bond donors (Lipinski definition) is 1. The molecule has 0 atom stereocenters. The molecule has 2 nitrogen and oxygen atoms in total. The number of benzene rings is 1. The molecule has 0 amide bonds. The predicted octanol–water partition coefficient (Wildman–Crippen LogP) is 4.08. The highest BCUT2D eigenvalue weighted by Crippen LogP contribution is 2.39. The van der Waals surface area contributed by atoms with Gasteiger partial charge in [-0.2, -0.15) is 5.26 Å². The van der Waals surface area contributed by atoms with E-state index in [4.69, 9.17) is 11.0 Å². The third kappa shape index (κ3) is 1.60. The number of nitriles is 1. The van der Waals surface area contributed by atoms with Crippen LogP contribution < -0.4 is 5.73 Å². The Hall–Kier alpha value is -1.83. The third-order valence-corrected chi connectivity index (χ3v) is 4.66. The SMILES string of the molecule is N#Cc1sc(-c2csc3ccccc23)cc1N. The zero-order valence-electron chi connectivity index (χ0n) is 8.81. The maximum Gasteiger partial charge on any atom is 0.128 e. The van der Waals surface area contributed by atoms with Crippen molar-refractivity contribution in [3.63, 3.8) is 0 Å². The fourth-order valence-electron chi connectivity index (χ4n) is 1.79. The van der Waals surface area contributed by atoms with Crippen LogP contribution in [0.3, 0.4) is 0 Å². The minimum atomic E-state index is 0.572. The molecule has 0 aliphatic carbocycles. The third-order valence-electron chi connectivity index (χ3n) is 2.61. The number of thiophene rings is 2. The van der Waals surface area contributed by atoms with Crippen molar-refractivity contribution in [2.75, 3.05) is 5.73 Å². The Morgan fingerprint density at radius 2 is 2.06 bits per heavy atom. The van der Waals surface area contributed by atoms with Crippen LogP contribution in [0, 0.1) is 11.3 Å². The average Bonchev–Trinajstić information content (AvgIpc) is 2.92. The second-order valence-corrected chi connectivity index (χ2v) is 5.62. The van der Waals surface area contributed by atoms with Gasteiger partial charge in [0.1, 0.15) is 10.9 Å². The van der Waals surface area contributed by atoms with Gasteiger partial charge in [-0.1, -0.05) is 18.2 Å². The summed E-state index contributed by atoms with van der Waals surface area (Å²) in [6.07, 6.45) is 0. The number of anilines is 1. The van der Waals surface area contributed by atoms with Crippen LogP contribution in [0.5, 0.6) is 0 Å². The Morgan fingerprint density at radius 1 is 1.24 bits per heavy atom. The van der Waals surface area contributed by atoms with Crippen LogP contribution in [0.4, 0.5) is 5.69 Å². The van der Waals surface area contributed by atoms with Gasteiger partial charge in [-0.05, 0) is 12.1 Å². The second kappa shape index (κ2) is 3.88. The van der Waals surface area contributed by atoms with Crippen molar-refractivity contribution in [2.24, 2.45) is 0 Å². The topological polar surface area (TPSA) is 49.8 Å². The molecule has 0 spiro atoms. The van der Waals surface area contributed by atoms with Gasteiger partial charge in [0, 0.05) is 25.9 Å². The van der Waals surface area contributed by atoms with Gasteiger partial charge in [0.05, 0.1) is 5.69 Å². The lowest BCUT2D eigenvalue weighted by Crippen LogP contribution is -1.81. The number of rotatable bonds is 1. The quantitative estimate of drug-likeness (QED) is 0.713. The van der Waals surface area contributed by atoms with Gasteiger partial charge in [0.25, 0.3) is 0 Å². The van der Waals surface area contributed by atoms with Crippen molar-refractivity contribution in [3.05, 3.63) is 40.6 Å². The Kier molecular flexibility index (Phi) is 2.36. The summed E-state index contributed by atoms with van der Waals surface area (Å²) in [6, 6.07) is 12.3. The maximum absolute atomic E-state index is 8.93. The summed E-state index contributed by atoms with van der Waals surface area (Å²) in [7, 11) is 0. The van der Waals surface area contributed by atoms with Crippen LogP contribution in [0.2, 0.25) is 0 Å². The normalized spacial score (nSPS) is 10.5. The van der Waals surface area contributed by atoms with E-state index in [0.29, 0.717) is 10.6 Å². The van der Waals surface area contributed by atoms with Gasteiger partial charge in [-0.3, -0.25) is 0 Å². The van der Waals surface area contributed by atoms with Crippen LogP contribution in [-0.4, -0.2) is 0 Å². The van der Waals surface area contributed by atoms with Crippen molar-refractivity contribution in [1.29, 1.82) is 5.26 Å². The molecule has 3 rings (SSSR count). The molecular formula is C13H8N2S2. The fourth-order valence-corrected chi connectivity index (χ4v) is 3.74. The average molecular weight is 256 g/mol. The van der Waals surface area contributed by atoms with E-state index in [-0.39, 0.29) is 0 Å². The summed E-state index contributed by atoms with van der Waals surface area (Å²) in [4.78, 5) is 1.66. The van der Waals surface area contributed by atoms with E-state index in [1.807, 2.05) is 18.2 Å². The zero-order valence-corrected chi connectivity index (χ0v) is 10.4. The molecular weight excluding hydrogens is 248 g/mol. The van der Waals surface area contributed by atoms with Crippen LogP contribution in [-0.2, 0) is 0 Å². The second-order valence-electron chi connectivity index (χ2n) is 3.65. The van der Waals surface area contributed by atoms with E-state index in [2.05, 4.69) is 23.6 Å². The number of hydrogen-bond acceptors (Lipinski definition) is 4. The lowest BCUT2D eigenvalue weighted by molar-refractivity contribution is 1.52. The molecule has 2 N–H and O–H groups in total. The lowest BCUT2D eigenvalue weighted by Gasteiger charge is -1.93. The van der Waals surface area contributed by atoms with Crippen LogP contribution in [0.25, 0.3) is 20.5 Å². The smallest absolute Gasteiger partial charge is 0.128 e. The van der Waals surface area contributed by atoms with E-state index < -0.39 is 0 Å². The van der Waals surface area contributed by atoms with E-state index >= 15 is 0 Å². The number of nitrogens with zero attached hydrogens (tertiary/aromatic N) is 1. The molecule has 17 heavy (non-hydrogen) atoms. The van der Waals surface area contributed by atoms with Crippen LogP contribution in [0.15, 0.2) is 35.7 Å². The van der Waals surface area contributed by atoms with Gasteiger partial charge in [0.2, 0.25) is 0 Å². The van der Waals surface area contributed by atoms with Crippen molar-refractivity contribution >= 4 is 38.4 Å². The molecule has 82 valence electrons. The molecule has 4 heteroatoms. The van der Waals surface area contributed by atoms with Crippen molar-refractivity contribution in [3.8, 4) is 16.5 Å². The number of nitrogens with two attached hydrogens (primary N) is 1. The minimum absolute atomic E-state index is 0.572. The van der Waals surface area contributed by atoms with E-state index in [1.54, 1.807) is 11.3 Å². The van der Waals surface area contributed by atoms with Crippen LogP contribution in [0.1, 0.15) is 4.88 Å². The summed E-state index contributed by atoms with van der Waals surface area (Å²) in [5.74, 6) is 0. The van der Waals surface area contributed by atoms with Crippen molar-refractivity contribution < 1.29 is 0 Å². The Balaban J connectivity index is 2.24. The highest BCUT2D eigenvalue weighted by Gasteiger charge is 2.11. The maximum atomic E-state index is 8.93. The molecule has 0 saturated heterocycles. The molecule has 3 aromatic rings. The molecule has 0 aliphatic heterocycles. The Labute approximate surface area is 107 Å². The first-order valence-corrected chi connectivity index (χ1v) is 6.75. The molecule has 0 aliphatic rings. The zero-order chi connectivity index (χ0) is 11.8. The minimum Gasteiger partial charge on any atom is -0.397 e. The molecule has 0 unspecified atom stereocenters. The summed E-state index contributed by atoms with van der Waals surface area (Å²) in [5, 5.41) is 12.3. The first-order valence-electron chi connectivity index (χ1n) is 5.05. The molecule has 0 saturated carbocycles. The summed E-state index contributed by atoms with van der Waals surface area (Å²) >= 11 is 3.17. The monoisotopic (exact) mass is 256 g/mol. The standard InChI is InChI=1S/C13H8N2S2/c14-6-13-10(15)5-12(17-13)9-7-16-11-4-2-1-3-8(9)11/h1-5,7H,15H2. The predicted molar refractivity (Wildman–Crippen MR) is 74.3 cm³/mol. The molecule has 1 aromatic carbocycles. The van der Waals surface area contributed by atoms with Crippen molar-refractivity contribution in [1.82, 2.24) is 0 Å². The summed E-state index contributed by atoms with van der Waals surface area (Å²) < 4.78 is 1.26. The van der Waals surface area contributed by atoms with Gasteiger partial charge in [-0.25, -0.2) is 0 Å². The van der Waals surface area contributed by atoms with Crippen LogP contribution >= 0.6 is 22.7 Å². The molecule has 0 radical (unpaired) electrons. The van der Waals surface area contributed by atoms with Gasteiger partial charge >= 0.3 is 0 Å². The van der Waals surface area contributed by atoms with E-state index in [0.717, 1.165) is 4.88 Å². The summed E-state index contributed by atoms with van der Waals surface area (Å²) in [5.41, 5.74) is 7.54. The number of fused-ring (bicyclic) bond motifs is 1. The van der Waals surface area contributed by atoms with Gasteiger partial charge in [0.15, 0.2) is 0 Å². The lowest BCUT2D eigenvalue weighted by atomic mass is 10.1. The van der Waals surface area contributed by atoms with Crippen molar-refractivity contribution in [2.45, 2.75) is 0 Å². The van der Waals surface area contributed by atoms with Gasteiger partial charge < -0.3 is 5.73 Å². The molecule has 2 heterocycles.